The Labute approximate surface area is 146 Å². The minimum Gasteiger partial charge on any atom is -0.497 e. The second-order valence-corrected chi connectivity index (χ2v) is 6.61. The maximum atomic E-state index is 14.2. The number of alkyl halides is 2. The van der Waals surface area contributed by atoms with Crippen molar-refractivity contribution in [3.8, 4) is 5.75 Å². The molecule has 0 amide bonds. The fourth-order valence-electron chi connectivity index (χ4n) is 3.67. The molecule has 1 heterocycles. The third-order valence-electron chi connectivity index (χ3n) is 4.76. The number of hydrogen-bond donors (Lipinski definition) is 1. The number of piperidine rings is 1. The highest BCUT2D eigenvalue weighted by molar-refractivity contribution is 5.30. The van der Waals surface area contributed by atoms with Gasteiger partial charge in [-0.1, -0.05) is 42.5 Å². The van der Waals surface area contributed by atoms with Crippen molar-refractivity contribution >= 4 is 0 Å². The van der Waals surface area contributed by atoms with Crippen molar-refractivity contribution in [3.63, 3.8) is 0 Å². The van der Waals surface area contributed by atoms with Crippen molar-refractivity contribution in [2.45, 2.75) is 24.9 Å². The number of aliphatic hydroxyl groups is 1. The fraction of sp³-hybridized carbons (Fsp3) is 0.400. The molecule has 3 rings (SSSR count). The summed E-state index contributed by atoms with van der Waals surface area (Å²) in [5, 5.41) is 9.75. The molecule has 1 aliphatic heterocycles. The van der Waals surface area contributed by atoms with Crippen molar-refractivity contribution in [1.29, 1.82) is 0 Å². The van der Waals surface area contributed by atoms with Gasteiger partial charge in [0.05, 0.1) is 13.7 Å². The van der Waals surface area contributed by atoms with Gasteiger partial charge in [0.1, 0.15) is 5.75 Å². The second kappa shape index (κ2) is 7.50. The third-order valence-corrected chi connectivity index (χ3v) is 4.76. The van der Waals surface area contributed by atoms with E-state index in [-0.39, 0.29) is 25.6 Å². The molecule has 0 radical (unpaired) electrons. The highest BCUT2D eigenvalue weighted by atomic mass is 19.3. The summed E-state index contributed by atoms with van der Waals surface area (Å²) in [6.45, 7) is -0.156. The maximum Gasteiger partial charge on any atom is 0.261 e. The van der Waals surface area contributed by atoms with E-state index in [1.165, 1.54) is 0 Å². The van der Waals surface area contributed by atoms with Crippen LogP contribution in [0.2, 0.25) is 0 Å². The van der Waals surface area contributed by atoms with E-state index in [9.17, 15) is 13.9 Å². The van der Waals surface area contributed by atoms with Crippen molar-refractivity contribution in [1.82, 2.24) is 4.90 Å². The summed E-state index contributed by atoms with van der Waals surface area (Å²) in [5.41, 5.74) is 1.90. The average Bonchev–Trinajstić information content (AvgIpc) is 2.61. The molecule has 0 spiro atoms. The Kier molecular flexibility index (Phi) is 5.35. The summed E-state index contributed by atoms with van der Waals surface area (Å²) in [4.78, 5) is 1.78. The molecule has 0 aromatic heterocycles. The predicted molar refractivity (Wildman–Crippen MR) is 92.7 cm³/mol. The van der Waals surface area contributed by atoms with E-state index in [1.807, 2.05) is 54.6 Å². The second-order valence-electron chi connectivity index (χ2n) is 6.61. The van der Waals surface area contributed by atoms with E-state index in [0.29, 0.717) is 6.54 Å². The fourth-order valence-corrected chi connectivity index (χ4v) is 3.67. The minimum atomic E-state index is -2.80. The van der Waals surface area contributed by atoms with Gasteiger partial charge in [-0.15, -0.1) is 0 Å². The molecular formula is C20H23F2NO2. The molecule has 2 aromatic rings. The van der Waals surface area contributed by atoms with E-state index in [1.54, 1.807) is 12.0 Å². The van der Waals surface area contributed by atoms with Crippen LogP contribution >= 0.6 is 0 Å². The number of hydrogen-bond acceptors (Lipinski definition) is 3. The van der Waals surface area contributed by atoms with Gasteiger partial charge in [-0.05, 0) is 23.3 Å². The van der Waals surface area contributed by atoms with Gasteiger partial charge in [0.15, 0.2) is 0 Å². The number of rotatable bonds is 5. The highest BCUT2D eigenvalue weighted by Crippen LogP contribution is 2.43. The molecule has 0 bridgehead atoms. The largest absolute Gasteiger partial charge is 0.497 e. The normalized spacial score (nSPS) is 23.4. The van der Waals surface area contributed by atoms with E-state index >= 15 is 0 Å². The molecular weight excluding hydrogens is 324 g/mol. The van der Waals surface area contributed by atoms with Crippen LogP contribution in [0.4, 0.5) is 8.78 Å². The number of likely N-dealkylation sites (tertiary alicyclic amines) is 1. The first-order chi connectivity index (χ1) is 12.0. The first kappa shape index (κ1) is 17.8. The monoisotopic (exact) mass is 347 g/mol. The van der Waals surface area contributed by atoms with Gasteiger partial charge in [-0.2, -0.15) is 0 Å². The van der Waals surface area contributed by atoms with E-state index in [4.69, 9.17) is 4.74 Å². The molecule has 134 valence electrons. The van der Waals surface area contributed by atoms with Crippen LogP contribution in [0.15, 0.2) is 54.6 Å². The molecule has 2 aromatic carbocycles. The Balaban J connectivity index is 1.93. The Bertz CT molecular complexity index is 676. The lowest BCUT2D eigenvalue weighted by Gasteiger charge is -2.44. The summed E-state index contributed by atoms with van der Waals surface area (Å²) in [6.07, 6.45) is -0.300. The lowest BCUT2D eigenvalue weighted by molar-refractivity contribution is -0.120. The zero-order valence-electron chi connectivity index (χ0n) is 14.2. The molecule has 0 unspecified atom stereocenters. The molecule has 1 aliphatic rings. The van der Waals surface area contributed by atoms with Crippen LogP contribution in [-0.2, 0) is 6.54 Å². The van der Waals surface area contributed by atoms with Gasteiger partial charge >= 0.3 is 0 Å². The van der Waals surface area contributed by atoms with Gasteiger partial charge in [0, 0.05) is 31.5 Å². The van der Waals surface area contributed by atoms with Crippen LogP contribution in [-0.4, -0.2) is 36.2 Å². The molecule has 1 fully saturated rings. The molecule has 0 aliphatic carbocycles. The van der Waals surface area contributed by atoms with Gasteiger partial charge in [-0.3, -0.25) is 4.90 Å². The van der Waals surface area contributed by atoms with Crippen LogP contribution < -0.4 is 4.74 Å². The van der Waals surface area contributed by atoms with E-state index < -0.39 is 11.8 Å². The standard InChI is InChI=1S/C20H23F2NO2/c1-25-18-9-7-16(8-10-18)19-17(13-24)11-20(21,22)14-23(19)12-15-5-3-2-4-6-15/h2-10,17,19,24H,11-14H2,1H3/t17-,19-/m1/s1. The Morgan fingerprint density at radius 1 is 1.12 bits per heavy atom. The Hall–Kier alpha value is -1.98. The molecule has 2 atom stereocenters. The maximum absolute atomic E-state index is 14.2. The number of aliphatic hydroxyl groups excluding tert-OH is 1. The van der Waals surface area contributed by atoms with Gasteiger partial charge in [0.25, 0.3) is 5.92 Å². The average molecular weight is 347 g/mol. The summed E-state index contributed by atoms with van der Waals surface area (Å²) in [7, 11) is 1.59. The zero-order chi connectivity index (χ0) is 17.9. The van der Waals surface area contributed by atoms with Gasteiger partial charge in [-0.25, -0.2) is 8.78 Å². The van der Waals surface area contributed by atoms with Crippen LogP contribution in [0.5, 0.6) is 5.75 Å². The van der Waals surface area contributed by atoms with Crippen molar-refractivity contribution in [3.05, 3.63) is 65.7 Å². The SMILES string of the molecule is COc1ccc([C@@H]2[C@@H](CO)CC(F)(F)CN2Cc2ccccc2)cc1. The van der Waals surface area contributed by atoms with E-state index in [0.717, 1.165) is 16.9 Å². The Morgan fingerprint density at radius 2 is 1.80 bits per heavy atom. The number of ether oxygens (including phenoxy) is 1. The first-order valence-electron chi connectivity index (χ1n) is 8.43. The lowest BCUT2D eigenvalue weighted by Crippen LogP contribution is -2.49. The summed E-state index contributed by atoms with van der Waals surface area (Å²) in [5.74, 6) is -2.59. The predicted octanol–water partition coefficient (Wildman–Crippen LogP) is 3.89. The van der Waals surface area contributed by atoms with Crippen molar-refractivity contribution in [2.75, 3.05) is 20.3 Å². The smallest absolute Gasteiger partial charge is 0.261 e. The number of benzene rings is 2. The molecule has 0 saturated carbocycles. The van der Waals surface area contributed by atoms with Crippen LogP contribution in [0.3, 0.4) is 0 Å². The highest BCUT2D eigenvalue weighted by Gasteiger charge is 2.46. The Morgan fingerprint density at radius 3 is 2.40 bits per heavy atom. The zero-order valence-corrected chi connectivity index (χ0v) is 14.2. The van der Waals surface area contributed by atoms with Crippen LogP contribution in [0, 0.1) is 5.92 Å². The number of methoxy groups -OCH3 is 1. The molecule has 1 saturated heterocycles. The summed E-state index contributed by atoms with van der Waals surface area (Å²) >= 11 is 0. The molecule has 3 nitrogen and oxygen atoms in total. The summed E-state index contributed by atoms with van der Waals surface area (Å²) in [6, 6.07) is 16.8. The van der Waals surface area contributed by atoms with Gasteiger partial charge in [0.2, 0.25) is 0 Å². The molecule has 5 heteroatoms. The lowest BCUT2D eigenvalue weighted by atomic mass is 9.83. The quantitative estimate of drug-likeness (QED) is 0.891. The molecule has 1 N–H and O–H groups in total. The van der Waals surface area contributed by atoms with Crippen LogP contribution in [0.1, 0.15) is 23.6 Å². The van der Waals surface area contributed by atoms with Crippen molar-refractivity contribution in [2.24, 2.45) is 5.92 Å². The summed E-state index contributed by atoms with van der Waals surface area (Å²) < 4.78 is 33.6. The third kappa shape index (κ3) is 4.17. The van der Waals surface area contributed by atoms with Crippen LogP contribution in [0.25, 0.3) is 0 Å². The minimum absolute atomic E-state index is 0.254. The van der Waals surface area contributed by atoms with E-state index in [2.05, 4.69) is 0 Å². The number of halogens is 2. The number of nitrogens with zero attached hydrogens (tertiary/aromatic N) is 1. The molecule has 25 heavy (non-hydrogen) atoms. The topological polar surface area (TPSA) is 32.7 Å². The first-order valence-corrected chi connectivity index (χ1v) is 8.43. The van der Waals surface area contributed by atoms with Crippen molar-refractivity contribution < 1.29 is 18.6 Å². The van der Waals surface area contributed by atoms with Gasteiger partial charge < -0.3 is 9.84 Å².